The SMILES string of the molecule is CC(C)(C)OC(=O)N1CC2C(n3c([C@@H](NC(=O)OCC4c5ccccc5-c5ccccc54)C4CC4)nc4cccc(Cl)c4c3=O)[C@@H]2C1. The van der Waals surface area contributed by atoms with E-state index in [1.807, 2.05) is 45.0 Å². The fourth-order valence-corrected chi connectivity index (χ4v) is 7.92. The zero-order chi connectivity index (χ0) is 32.6. The number of fused-ring (bicyclic) bond motifs is 5. The number of ether oxygens (including phenoxy) is 2. The lowest BCUT2D eigenvalue weighted by Crippen LogP contribution is -2.40. The second kappa shape index (κ2) is 11.1. The number of piperidine rings is 1. The summed E-state index contributed by atoms with van der Waals surface area (Å²) >= 11 is 6.56. The van der Waals surface area contributed by atoms with Gasteiger partial charge in [-0.1, -0.05) is 66.2 Å². The number of rotatable bonds is 6. The van der Waals surface area contributed by atoms with Crippen LogP contribution in [0, 0.1) is 17.8 Å². The number of aromatic nitrogens is 2. The van der Waals surface area contributed by atoms with Crippen molar-refractivity contribution in [2.24, 2.45) is 17.8 Å². The summed E-state index contributed by atoms with van der Waals surface area (Å²) in [5.41, 5.74) is 4.29. The zero-order valence-electron chi connectivity index (χ0n) is 26.6. The van der Waals surface area contributed by atoms with Gasteiger partial charge in [0.1, 0.15) is 18.0 Å². The van der Waals surface area contributed by atoms with Crippen molar-refractivity contribution < 1.29 is 19.1 Å². The van der Waals surface area contributed by atoms with Gasteiger partial charge in [0.2, 0.25) is 0 Å². The van der Waals surface area contributed by atoms with Crippen molar-refractivity contribution in [3.05, 3.63) is 99.1 Å². The lowest BCUT2D eigenvalue weighted by molar-refractivity contribution is 0.0266. The molecule has 2 heterocycles. The number of nitrogens with one attached hydrogen (secondary N) is 1. The van der Waals surface area contributed by atoms with E-state index in [1.165, 1.54) is 0 Å². The minimum absolute atomic E-state index is 0.0644. The first kappa shape index (κ1) is 30.0. The van der Waals surface area contributed by atoms with E-state index in [9.17, 15) is 14.4 Å². The Bertz CT molecular complexity index is 1920. The summed E-state index contributed by atoms with van der Waals surface area (Å²) in [4.78, 5) is 47.3. The highest BCUT2D eigenvalue weighted by molar-refractivity contribution is 6.35. The summed E-state index contributed by atoms with van der Waals surface area (Å²) < 4.78 is 13.3. The molecule has 2 amide bonds. The Kier molecular flexibility index (Phi) is 7.09. The minimum Gasteiger partial charge on any atom is -0.449 e. The van der Waals surface area contributed by atoms with E-state index in [0.29, 0.717) is 34.8 Å². The average molecular weight is 653 g/mol. The summed E-state index contributed by atoms with van der Waals surface area (Å²) in [6.45, 7) is 6.72. The number of likely N-dealkylation sites (tertiary alicyclic amines) is 1. The summed E-state index contributed by atoms with van der Waals surface area (Å²) in [7, 11) is 0. The third-order valence-corrected chi connectivity index (χ3v) is 10.3. The van der Waals surface area contributed by atoms with Crippen LogP contribution in [-0.2, 0) is 9.47 Å². The maximum atomic E-state index is 14.2. The molecule has 3 fully saturated rings. The number of carbonyl (C=O) groups is 2. The van der Waals surface area contributed by atoms with Gasteiger partial charge in [0.15, 0.2) is 0 Å². The maximum Gasteiger partial charge on any atom is 0.410 e. The topological polar surface area (TPSA) is 103 Å². The van der Waals surface area contributed by atoms with E-state index in [0.717, 1.165) is 35.1 Å². The highest BCUT2D eigenvalue weighted by Crippen LogP contribution is 2.56. The van der Waals surface area contributed by atoms with E-state index in [4.69, 9.17) is 26.1 Å². The average Bonchev–Trinajstić information content (AvgIpc) is 3.92. The summed E-state index contributed by atoms with van der Waals surface area (Å²) in [6, 6.07) is 21.1. The molecule has 1 aromatic heterocycles. The minimum atomic E-state index is -0.589. The number of carbonyl (C=O) groups excluding carboxylic acids is 2. The monoisotopic (exact) mass is 652 g/mol. The van der Waals surface area contributed by atoms with E-state index in [2.05, 4.69) is 29.6 Å². The van der Waals surface area contributed by atoms with E-state index >= 15 is 0 Å². The van der Waals surface area contributed by atoms with Crippen LogP contribution in [0.25, 0.3) is 22.0 Å². The number of alkyl carbamates (subject to hydrolysis) is 1. The molecule has 2 saturated carbocycles. The Morgan fingerprint density at radius 3 is 2.21 bits per heavy atom. The number of hydrogen-bond acceptors (Lipinski definition) is 6. The molecule has 4 aromatic rings. The first-order chi connectivity index (χ1) is 22.6. The van der Waals surface area contributed by atoms with Crippen LogP contribution in [-0.4, -0.2) is 51.9 Å². The van der Waals surface area contributed by atoms with Crippen molar-refractivity contribution in [3.8, 4) is 11.1 Å². The van der Waals surface area contributed by atoms with Crippen LogP contribution in [0.1, 0.15) is 68.6 Å². The molecule has 3 aliphatic carbocycles. The molecule has 3 aromatic carbocycles. The number of amides is 2. The molecule has 2 unspecified atom stereocenters. The van der Waals surface area contributed by atoms with Crippen molar-refractivity contribution in [2.75, 3.05) is 19.7 Å². The molecule has 0 radical (unpaired) electrons. The first-order valence-corrected chi connectivity index (χ1v) is 16.8. The quantitative estimate of drug-likeness (QED) is 0.239. The molecule has 10 heteroatoms. The van der Waals surface area contributed by atoms with E-state index in [1.54, 1.807) is 27.7 Å². The molecule has 1 N–H and O–H groups in total. The third kappa shape index (κ3) is 5.34. The van der Waals surface area contributed by atoms with Crippen LogP contribution in [0.4, 0.5) is 9.59 Å². The molecule has 4 aliphatic rings. The van der Waals surface area contributed by atoms with Crippen molar-refractivity contribution >= 4 is 34.7 Å². The predicted octanol–water partition coefficient (Wildman–Crippen LogP) is 7.08. The van der Waals surface area contributed by atoms with Gasteiger partial charge >= 0.3 is 12.2 Å². The van der Waals surface area contributed by atoms with Crippen LogP contribution in [0.3, 0.4) is 0 Å². The Morgan fingerprint density at radius 2 is 1.60 bits per heavy atom. The Balaban J connectivity index is 1.07. The number of halogens is 1. The van der Waals surface area contributed by atoms with E-state index in [-0.39, 0.29) is 48.0 Å². The van der Waals surface area contributed by atoms with Gasteiger partial charge in [-0.25, -0.2) is 14.6 Å². The Labute approximate surface area is 277 Å². The van der Waals surface area contributed by atoms with Gasteiger partial charge in [-0.15, -0.1) is 0 Å². The van der Waals surface area contributed by atoms with E-state index < -0.39 is 17.7 Å². The van der Waals surface area contributed by atoms with Crippen LogP contribution in [0.2, 0.25) is 5.02 Å². The zero-order valence-corrected chi connectivity index (χ0v) is 27.4. The molecule has 47 heavy (non-hydrogen) atoms. The molecule has 4 atom stereocenters. The third-order valence-electron chi connectivity index (χ3n) is 9.99. The maximum absolute atomic E-state index is 14.2. The number of nitrogens with zero attached hydrogens (tertiary/aromatic N) is 3. The predicted molar refractivity (Wildman–Crippen MR) is 179 cm³/mol. The molecule has 1 saturated heterocycles. The largest absolute Gasteiger partial charge is 0.449 e. The van der Waals surface area contributed by atoms with Crippen LogP contribution in [0.15, 0.2) is 71.5 Å². The lowest BCUT2D eigenvalue weighted by Gasteiger charge is -2.27. The normalized spacial score (nSPS) is 22.0. The van der Waals surface area contributed by atoms with Gasteiger partial charge in [0.25, 0.3) is 5.56 Å². The van der Waals surface area contributed by atoms with Gasteiger partial charge in [-0.05, 0) is 73.9 Å². The molecule has 1 aliphatic heterocycles. The van der Waals surface area contributed by atoms with Gasteiger partial charge in [-0.3, -0.25) is 9.36 Å². The van der Waals surface area contributed by atoms with Gasteiger partial charge in [0.05, 0.1) is 22.0 Å². The Morgan fingerprint density at radius 1 is 0.957 bits per heavy atom. The number of benzene rings is 3. The highest BCUT2D eigenvalue weighted by atomic mass is 35.5. The van der Waals surface area contributed by atoms with Crippen LogP contribution < -0.4 is 10.9 Å². The van der Waals surface area contributed by atoms with Gasteiger partial charge in [-0.2, -0.15) is 0 Å². The molecule has 0 spiro atoms. The van der Waals surface area contributed by atoms with Gasteiger partial charge in [0, 0.05) is 36.9 Å². The summed E-state index contributed by atoms with van der Waals surface area (Å²) in [6.07, 6.45) is 0.926. The fraction of sp³-hybridized carbons (Fsp3) is 0.405. The molecular weight excluding hydrogens is 616 g/mol. The van der Waals surface area contributed by atoms with Gasteiger partial charge < -0.3 is 19.7 Å². The molecular formula is C37H37ClN4O5. The van der Waals surface area contributed by atoms with Crippen molar-refractivity contribution in [1.29, 1.82) is 0 Å². The highest BCUT2D eigenvalue weighted by Gasteiger charge is 2.60. The van der Waals surface area contributed by atoms with Crippen molar-refractivity contribution in [2.45, 2.75) is 57.2 Å². The number of hydrogen-bond donors (Lipinski definition) is 1. The molecule has 242 valence electrons. The molecule has 8 rings (SSSR count). The second-order valence-corrected chi connectivity index (χ2v) is 14.7. The van der Waals surface area contributed by atoms with Crippen molar-refractivity contribution in [3.63, 3.8) is 0 Å². The molecule has 0 bridgehead atoms. The van der Waals surface area contributed by atoms with Crippen LogP contribution >= 0.6 is 11.6 Å². The van der Waals surface area contributed by atoms with Crippen molar-refractivity contribution in [1.82, 2.24) is 19.8 Å². The Hall–Kier alpha value is -4.37. The lowest BCUT2D eigenvalue weighted by atomic mass is 9.98. The molecule has 9 nitrogen and oxygen atoms in total. The first-order valence-electron chi connectivity index (χ1n) is 16.4. The van der Waals surface area contributed by atoms with Crippen LogP contribution in [0.5, 0.6) is 0 Å². The summed E-state index contributed by atoms with van der Waals surface area (Å²) in [5, 5.41) is 3.82. The summed E-state index contributed by atoms with van der Waals surface area (Å²) in [5.74, 6) is 0.738. The standard InChI is InChI=1S/C37H37ClN4O5/c1-37(2,3)47-36(45)41-17-25-26(18-41)32(25)42-33(39-29-14-8-13-28(38)30(29)34(42)43)31(20-15-16-20)40-35(44)46-19-27-23-11-6-4-9-21(23)22-10-5-7-12-24(22)27/h4-14,20,25-27,31-32H,15-19H2,1-3H3,(H,40,44)/t25-,26?,31+,32?/m1/s1. The second-order valence-electron chi connectivity index (χ2n) is 14.3. The fourth-order valence-electron chi connectivity index (χ4n) is 7.67. The smallest absolute Gasteiger partial charge is 0.410 e.